The quantitative estimate of drug-likeness (QED) is 0.744. The highest BCUT2D eigenvalue weighted by Crippen LogP contribution is 2.16. The van der Waals surface area contributed by atoms with Crippen molar-refractivity contribution < 1.29 is 9.90 Å². The molecule has 1 aromatic carbocycles. The third kappa shape index (κ3) is 4.48. The minimum atomic E-state index is -0.536. The molecule has 0 heterocycles. The van der Waals surface area contributed by atoms with Gasteiger partial charge in [0.1, 0.15) is 0 Å². The number of halogens is 1. The third-order valence-electron chi connectivity index (χ3n) is 1.68. The lowest BCUT2D eigenvalue weighted by Gasteiger charge is -2.09. The van der Waals surface area contributed by atoms with E-state index in [-0.39, 0.29) is 12.6 Å². The zero-order chi connectivity index (χ0) is 11.3. The van der Waals surface area contributed by atoms with Crippen molar-refractivity contribution in [2.45, 2.75) is 13.0 Å². The summed E-state index contributed by atoms with van der Waals surface area (Å²) >= 11 is 2.14. The molecule has 0 fully saturated rings. The number of hydrogen-bond acceptors (Lipinski definition) is 2. The highest BCUT2D eigenvalue weighted by Gasteiger charge is 2.04. The molecular weight excluding hydrogens is 307 g/mol. The van der Waals surface area contributed by atoms with Crippen molar-refractivity contribution in [3.8, 4) is 0 Å². The molecular formula is C10H13IN2O2. The number of urea groups is 1. The molecule has 0 saturated carbocycles. The fourth-order valence-corrected chi connectivity index (χ4v) is 1.49. The Balaban J connectivity index is 2.48. The molecule has 0 aliphatic rings. The molecule has 5 heteroatoms. The fraction of sp³-hybridized carbons (Fsp3) is 0.300. The van der Waals surface area contributed by atoms with Crippen LogP contribution in [0.4, 0.5) is 10.5 Å². The van der Waals surface area contributed by atoms with E-state index in [0.717, 1.165) is 9.26 Å². The molecule has 3 N–H and O–H groups in total. The first-order chi connectivity index (χ1) is 7.09. The molecule has 0 saturated heterocycles. The predicted molar refractivity (Wildman–Crippen MR) is 67.9 cm³/mol. The van der Waals surface area contributed by atoms with Crippen LogP contribution in [0.3, 0.4) is 0 Å². The summed E-state index contributed by atoms with van der Waals surface area (Å²) in [6.45, 7) is 1.86. The lowest BCUT2D eigenvalue weighted by Crippen LogP contribution is -2.34. The van der Waals surface area contributed by atoms with Gasteiger partial charge in [-0.1, -0.05) is 12.1 Å². The van der Waals surface area contributed by atoms with E-state index in [9.17, 15) is 4.79 Å². The van der Waals surface area contributed by atoms with E-state index in [1.54, 1.807) is 6.92 Å². The highest BCUT2D eigenvalue weighted by atomic mass is 127. The van der Waals surface area contributed by atoms with Gasteiger partial charge < -0.3 is 15.7 Å². The van der Waals surface area contributed by atoms with Crippen molar-refractivity contribution >= 4 is 34.3 Å². The Bertz CT molecular complexity index is 342. The fourth-order valence-electron chi connectivity index (χ4n) is 0.969. The SMILES string of the molecule is CC(O)CNC(=O)Nc1ccccc1I. The number of nitrogens with one attached hydrogen (secondary N) is 2. The van der Waals surface area contributed by atoms with E-state index in [1.165, 1.54) is 0 Å². The Kier molecular flexibility index (Phi) is 4.83. The largest absolute Gasteiger partial charge is 0.392 e. The number of carbonyl (C=O) groups excluding carboxylic acids is 1. The Labute approximate surface area is 102 Å². The summed E-state index contributed by atoms with van der Waals surface area (Å²) < 4.78 is 0.974. The molecule has 0 aliphatic heterocycles. The van der Waals surface area contributed by atoms with Crippen molar-refractivity contribution in [3.05, 3.63) is 27.8 Å². The molecule has 1 unspecified atom stereocenters. The number of aliphatic hydroxyl groups excluding tert-OH is 1. The molecule has 0 radical (unpaired) electrons. The van der Waals surface area contributed by atoms with Crippen LogP contribution in [0.5, 0.6) is 0 Å². The number of aliphatic hydroxyl groups is 1. The average molecular weight is 320 g/mol. The van der Waals surface area contributed by atoms with Crippen molar-refractivity contribution in [1.82, 2.24) is 5.32 Å². The topological polar surface area (TPSA) is 61.4 Å². The number of hydrogen-bond donors (Lipinski definition) is 3. The number of rotatable bonds is 3. The highest BCUT2D eigenvalue weighted by molar-refractivity contribution is 14.1. The summed E-state index contributed by atoms with van der Waals surface area (Å²) in [6, 6.07) is 7.18. The predicted octanol–water partition coefficient (Wildman–Crippen LogP) is 1.79. The van der Waals surface area contributed by atoms with E-state index in [0.29, 0.717) is 0 Å². The van der Waals surface area contributed by atoms with Crippen molar-refractivity contribution in [2.75, 3.05) is 11.9 Å². The normalized spacial score (nSPS) is 11.9. The zero-order valence-corrected chi connectivity index (χ0v) is 10.5. The minimum absolute atomic E-state index is 0.245. The maximum Gasteiger partial charge on any atom is 0.319 e. The van der Waals surface area contributed by atoms with Gasteiger partial charge >= 0.3 is 6.03 Å². The van der Waals surface area contributed by atoms with Crippen LogP contribution < -0.4 is 10.6 Å². The second-order valence-corrected chi connectivity index (χ2v) is 4.33. The summed E-state index contributed by atoms with van der Waals surface area (Å²) in [7, 11) is 0. The van der Waals surface area contributed by atoms with Gasteiger partial charge in [0.25, 0.3) is 0 Å². The van der Waals surface area contributed by atoms with Gasteiger partial charge in [-0.05, 0) is 41.6 Å². The second kappa shape index (κ2) is 5.92. The number of para-hydroxylation sites is 1. The van der Waals surface area contributed by atoms with Crippen molar-refractivity contribution in [3.63, 3.8) is 0 Å². The number of amides is 2. The third-order valence-corrected chi connectivity index (χ3v) is 2.62. The summed E-state index contributed by atoms with van der Waals surface area (Å²) in [5.74, 6) is 0. The molecule has 4 nitrogen and oxygen atoms in total. The molecule has 1 aromatic rings. The molecule has 15 heavy (non-hydrogen) atoms. The number of carbonyl (C=O) groups is 1. The van der Waals surface area contributed by atoms with Crippen molar-refractivity contribution in [2.24, 2.45) is 0 Å². The summed E-state index contributed by atoms with van der Waals surface area (Å²) in [5, 5.41) is 14.2. The van der Waals surface area contributed by atoms with Crippen LogP contribution in [0, 0.1) is 3.57 Å². The Hall–Kier alpha value is -0.820. The van der Waals surface area contributed by atoms with E-state index in [4.69, 9.17) is 5.11 Å². The first-order valence-corrected chi connectivity index (χ1v) is 5.65. The van der Waals surface area contributed by atoms with Crippen LogP contribution in [0.15, 0.2) is 24.3 Å². The van der Waals surface area contributed by atoms with Gasteiger partial charge in [0.2, 0.25) is 0 Å². The van der Waals surface area contributed by atoms with E-state index in [1.807, 2.05) is 24.3 Å². The molecule has 0 bridgehead atoms. The molecule has 0 aliphatic carbocycles. The number of anilines is 1. The Morgan fingerprint density at radius 1 is 1.53 bits per heavy atom. The molecule has 2 amide bonds. The monoisotopic (exact) mass is 320 g/mol. The molecule has 0 aromatic heterocycles. The van der Waals surface area contributed by atoms with Crippen molar-refractivity contribution in [1.29, 1.82) is 0 Å². The number of benzene rings is 1. The van der Waals surface area contributed by atoms with Crippen LogP contribution in [-0.2, 0) is 0 Å². The lowest BCUT2D eigenvalue weighted by molar-refractivity contribution is 0.190. The second-order valence-electron chi connectivity index (χ2n) is 3.16. The minimum Gasteiger partial charge on any atom is -0.392 e. The van der Waals surface area contributed by atoms with E-state index < -0.39 is 6.10 Å². The van der Waals surface area contributed by atoms with Gasteiger partial charge in [0.15, 0.2) is 0 Å². The van der Waals surface area contributed by atoms with Crippen LogP contribution in [0.1, 0.15) is 6.92 Å². The molecule has 1 rings (SSSR count). The van der Waals surface area contributed by atoms with Crippen LogP contribution in [0.2, 0.25) is 0 Å². The smallest absolute Gasteiger partial charge is 0.319 e. The Morgan fingerprint density at radius 3 is 2.80 bits per heavy atom. The maximum atomic E-state index is 11.3. The molecule has 1 atom stereocenters. The lowest BCUT2D eigenvalue weighted by atomic mass is 10.3. The van der Waals surface area contributed by atoms with Gasteiger partial charge in [-0.15, -0.1) is 0 Å². The Morgan fingerprint density at radius 2 is 2.20 bits per heavy atom. The van der Waals surface area contributed by atoms with Gasteiger partial charge in [-0.2, -0.15) is 0 Å². The maximum absolute atomic E-state index is 11.3. The first kappa shape index (κ1) is 12.3. The standard InChI is InChI=1S/C10H13IN2O2/c1-7(14)6-12-10(15)13-9-5-3-2-4-8(9)11/h2-5,7,14H,6H2,1H3,(H2,12,13,15). The van der Waals surface area contributed by atoms with E-state index in [2.05, 4.69) is 33.2 Å². The van der Waals surface area contributed by atoms with Gasteiger partial charge in [0, 0.05) is 10.1 Å². The van der Waals surface area contributed by atoms with Gasteiger partial charge in [-0.3, -0.25) is 0 Å². The molecule has 82 valence electrons. The average Bonchev–Trinajstić information content (AvgIpc) is 2.18. The van der Waals surface area contributed by atoms with Crippen LogP contribution >= 0.6 is 22.6 Å². The van der Waals surface area contributed by atoms with Gasteiger partial charge in [-0.25, -0.2) is 4.79 Å². The summed E-state index contributed by atoms with van der Waals surface area (Å²) in [5.41, 5.74) is 0.765. The molecule has 0 spiro atoms. The summed E-state index contributed by atoms with van der Waals surface area (Å²) in [4.78, 5) is 11.3. The summed E-state index contributed by atoms with van der Waals surface area (Å²) in [6.07, 6.45) is -0.536. The van der Waals surface area contributed by atoms with Gasteiger partial charge in [0.05, 0.1) is 11.8 Å². The van der Waals surface area contributed by atoms with E-state index >= 15 is 0 Å². The zero-order valence-electron chi connectivity index (χ0n) is 8.33. The van der Waals surface area contributed by atoms with Crippen LogP contribution in [0.25, 0.3) is 0 Å². The first-order valence-electron chi connectivity index (χ1n) is 4.57. The van der Waals surface area contributed by atoms with Crippen LogP contribution in [-0.4, -0.2) is 23.8 Å².